The maximum atomic E-state index is 13.7. The van der Waals surface area contributed by atoms with Gasteiger partial charge in [-0.15, -0.1) is 0 Å². The highest BCUT2D eigenvalue weighted by molar-refractivity contribution is 5.88. The van der Waals surface area contributed by atoms with Gasteiger partial charge in [-0.3, -0.25) is 0 Å². The summed E-state index contributed by atoms with van der Waals surface area (Å²) >= 11 is 0. The number of esters is 1. The lowest BCUT2D eigenvalue weighted by molar-refractivity contribution is -0.138. The van der Waals surface area contributed by atoms with E-state index in [0.29, 0.717) is 36.5 Å². The van der Waals surface area contributed by atoms with Crippen LogP contribution in [0.3, 0.4) is 0 Å². The van der Waals surface area contributed by atoms with Gasteiger partial charge in [-0.1, -0.05) is 18.7 Å². The highest BCUT2D eigenvalue weighted by Crippen LogP contribution is 2.44. The van der Waals surface area contributed by atoms with Crippen molar-refractivity contribution >= 4 is 12.0 Å². The van der Waals surface area contributed by atoms with Crippen molar-refractivity contribution < 1.29 is 28.2 Å². The van der Waals surface area contributed by atoms with Crippen molar-refractivity contribution in [1.82, 2.24) is 15.1 Å². The molecule has 1 heterocycles. The fourth-order valence-corrected chi connectivity index (χ4v) is 4.24. The van der Waals surface area contributed by atoms with E-state index in [1.54, 1.807) is 27.2 Å². The van der Waals surface area contributed by atoms with Crippen LogP contribution in [0.4, 0.5) is 9.18 Å². The van der Waals surface area contributed by atoms with Crippen LogP contribution < -0.4 is 14.8 Å². The first-order valence-electron chi connectivity index (χ1n) is 11.5. The van der Waals surface area contributed by atoms with Gasteiger partial charge in [0, 0.05) is 23.1 Å². The predicted octanol–water partition coefficient (Wildman–Crippen LogP) is 4.07. The van der Waals surface area contributed by atoms with E-state index in [0.717, 1.165) is 27.9 Å². The molecule has 0 atom stereocenters. The van der Waals surface area contributed by atoms with Crippen LogP contribution in [0.15, 0.2) is 48.6 Å². The molecule has 2 aromatic carbocycles. The number of nitrogens with zero attached hydrogens (tertiary/aromatic N) is 2. The second-order valence-electron chi connectivity index (χ2n) is 8.50. The Balaban J connectivity index is 1.62. The number of benzene rings is 2. The van der Waals surface area contributed by atoms with Crippen LogP contribution in [0, 0.1) is 5.82 Å². The molecule has 4 rings (SSSR count). The summed E-state index contributed by atoms with van der Waals surface area (Å²) in [6.45, 7) is 5.21. The first-order valence-corrected chi connectivity index (χ1v) is 11.5. The molecule has 1 amide bonds. The maximum absolute atomic E-state index is 13.7. The number of carbonyl (C=O) groups is 2. The summed E-state index contributed by atoms with van der Waals surface area (Å²) in [5.74, 6) is 0.344. The Kier molecular flexibility index (Phi) is 7.38. The Morgan fingerprint density at radius 1 is 1.14 bits per heavy atom. The summed E-state index contributed by atoms with van der Waals surface area (Å²) in [5.41, 5.74) is 5.32. The highest BCUT2D eigenvalue weighted by Gasteiger charge is 2.31. The second kappa shape index (κ2) is 10.6. The van der Waals surface area contributed by atoms with Gasteiger partial charge in [-0.05, 0) is 55.2 Å². The molecule has 36 heavy (non-hydrogen) atoms. The molecule has 9 heteroatoms. The topological polar surface area (TPSA) is 91.7 Å². The van der Waals surface area contributed by atoms with Gasteiger partial charge in [0.25, 0.3) is 0 Å². The average Bonchev–Trinajstić information content (AvgIpc) is 3.41. The average molecular weight is 494 g/mol. The van der Waals surface area contributed by atoms with Crippen LogP contribution >= 0.6 is 0 Å². The molecule has 0 spiro atoms. The number of aromatic nitrogens is 2. The van der Waals surface area contributed by atoms with Crippen LogP contribution in [0.5, 0.6) is 11.5 Å². The lowest BCUT2D eigenvalue weighted by Crippen LogP contribution is -2.33. The summed E-state index contributed by atoms with van der Waals surface area (Å²) < 4.78 is 31.0. The van der Waals surface area contributed by atoms with Gasteiger partial charge < -0.3 is 19.5 Å². The number of aryl methyl sites for hydroxylation is 2. The lowest BCUT2D eigenvalue weighted by Gasteiger charge is -2.12. The number of nitrogens with one attached hydrogen (secondary N) is 1. The van der Waals surface area contributed by atoms with Gasteiger partial charge in [0.2, 0.25) is 0 Å². The van der Waals surface area contributed by atoms with E-state index in [9.17, 15) is 14.0 Å². The van der Waals surface area contributed by atoms with E-state index in [-0.39, 0.29) is 24.5 Å². The zero-order valence-corrected chi connectivity index (χ0v) is 20.5. The van der Waals surface area contributed by atoms with E-state index in [1.807, 2.05) is 18.2 Å². The molecule has 0 saturated heterocycles. The normalized spacial score (nSPS) is 11.4. The fraction of sp³-hybridized carbons (Fsp3) is 0.296. The number of hydrogen-bond donors (Lipinski definition) is 1. The lowest BCUT2D eigenvalue weighted by atomic mass is 10.0. The SMILES string of the molecule is C=C(C)C(=O)OCCNC(=O)n1nc(CCc2cccc(F)c2)c2c1-c1cc(OC)c(OC)cc1C2. The number of ether oxygens (including phenoxy) is 3. The Morgan fingerprint density at radius 3 is 2.58 bits per heavy atom. The van der Waals surface area contributed by atoms with Crippen molar-refractivity contribution in [2.45, 2.75) is 26.2 Å². The minimum absolute atomic E-state index is 0.00886. The van der Waals surface area contributed by atoms with Crippen molar-refractivity contribution in [3.8, 4) is 22.8 Å². The quantitative estimate of drug-likeness (QED) is 0.215. The van der Waals surface area contributed by atoms with Crippen LogP contribution in [0.25, 0.3) is 11.3 Å². The minimum atomic E-state index is -0.515. The smallest absolute Gasteiger partial charge is 0.342 e. The van der Waals surface area contributed by atoms with Crippen molar-refractivity contribution in [3.63, 3.8) is 0 Å². The number of rotatable bonds is 9. The molecule has 0 radical (unpaired) electrons. The number of halogens is 1. The van der Waals surface area contributed by atoms with Crippen LogP contribution in [-0.2, 0) is 28.8 Å². The molecule has 1 aliphatic rings. The van der Waals surface area contributed by atoms with Gasteiger partial charge in [-0.25, -0.2) is 14.0 Å². The molecule has 0 fully saturated rings. The van der Waals surface area contributed by atoms with Crippen molar-refractivity contribution in [1.29, 1.82) is 0 Å². The molecular formula is C27H28FN3O5. The highest BCUT2D eigenvalue weighted by atomic mass is 19.1. The first kappa shape index (κ1) is 25.0. The monoisotopic (exact) mass is 493 g/mol. The Bertz CT molecular complexity index is 1330. The zero-order valence-electron chi connectivity index (χ0n) is 20.5. The largest absolute Gasteiger partial charge is 0.493 e. The first-order chi connectivity index (χ1) is 17.3. The van der Waals surface area contributed by atoms with E-state index < -0.39 is 12.0 Å². The predicted molar refractivity (Wildman–Crippen MR) is 132 cm³/mol. The van der Waals surface area contributed by atoms with Crippen LogP contribution in [0.2, 0.25) is 0 Å². The number of fused-ring (bicyclic) bond motifs is 3. The molecular weight excluding hydrogens is 465 g/mol. The third-order valence-corrected chi connectivity index (χ3v) is 5.99. The third kappa shape index (κ3) is 5.10. The molecule has 188 valence electrons. The number of amides is 1. The number of methoxy groups -OCH3 is 2. The molecule has 1 N–H and O–H groups in total. The van der Waals surface area contributed by atoms with Crippen LogP contribution in [-0.4, -0.2) is 49.2 Å². The molecule has 8 nitrogen and oxygen atoms in total. The van der Waals surface area contributed by atoms with E-state index in [1.165, 1.54) is 16.8 Å². The molecule has 0 unspecified atom stereocenters. The summed E-state index contributed by atoms with van der Waals surface area (Å²) in [5, 5.41) is 7.37. The van der Waals surface area contributed by atoms with Crippen molar-refractivity contribution in [2.75, 3.05) is 27.4 Å². The van der Waals surface area contributed by atoms with E-state index >= 15 is 0 Å². The summed E-state index contributed by atoms with van der Waals surface area (Å²) in [7, 11) is 3.13. The van der Waals surface area contributed by atoms with Crippen molar-refractivity contribution in [2.24, 2.45) is 0 Å². The Labute approximate surface area is 208 Å². The van der Waals surface area contributed by atoms with Gasteiger partial charge in [0.15, 0.2) is 11.5 Å². The zero-order chi connectivity index (χ0) is 25.8. The molecule has 0 saturated carbocycles. The molecule has 1 aliphatic carbocycles. The Hall–Kier alpha value is -4.14. The third-order valence-electron chi connectivity index (χ3n) is 5.99. The maximum Gasteiger partial charge on any atom is 0.342 e. The minimum Gasteiger partial charge on any atom is -0.493 e. The van der Waals surface area contributed by atoms with Crippen LogP contribution in [0.1, 0.15) is 29.3 Å². The molecule has 3 aromatic rings. The molecule has 0 aliphatic heterocycles. The summed E-state index contributed by atoms with van der Waals surface area (Å²) in [6, 6.07) is 9.75. The molecule has 0 bridgehead atoms. The van der Waals surface area contributed by atoms with E-state index in [4.69, 9.17) is 14.2 Å². The van der Waals surface area contributed by atoms with Gasteiger partial charge in [0.1, 0.15) is 12.4 Å². The van der Waals surface area contributed by atoms with Gasteiger partial charge in [-0.2, -0.15) is 9.78 Å². The summed E-state index contributed by atoms with van der Waals surface area (Å²) in [6.07, 6.45) is 1.68. The van der Waals surface area contributed by atoms with Gasteiger partial charge >= 0.3 is 12.0 Å². The standard InChI is InChI=1S/C27H28FN3O5/c1-16(2)26(32)36-11-10-29-27(33)31-25-20-15-24(35-4)23(34-3)14-18(20)13-21(25)22(30-31)9-8-17-6-5-7-19(28)12-17/h5-7,12,14-15H,1,8-11,13H2,2-4H3,(H,29,33). The van der Waals surface area contributed by atoms with Crippen molar-refractivity contribution in [3.05, 3.63) is 76.8 Å². The summed E-state index contributed by atoms with van der Waals surface area (Å²) in [4.78, 5) is 24.7. The fourth-order valence-electron chi connectivity index (χ4n) is 4.24. The Morgan fingerprint density at radius 2 is 1.89 bits per heavy atom. The second-order valence-corrected chi connectivity index (χ2v) is 8.50. The van der Waals surface area contributed by atoms with Gasteiger partial charge in [0.05, 0.1) is 32.2 Å². The number of hydrogen-bond acceptors (Lipinski definition) is 6. The number of carbonyl (C=O) groups excluding carboxylic acids is 2. The molecule has 1 aromatic heterocycles. The van der Waals surface area contributed by atoms with E-state index in [2.05, 4.69) is 17.0 Å².